The summed E-state index contributed by atoms with van der Waals surface area (Å²) in [5.74, 6) is -1.38. The Balaban J connectivity index is 0. The maximum Gasteiger partial charge on any atom is 1.00 e. The predicted octanol–water partition coefficient (Wildman–Crippen LogP) is -2.00. The van der Waals surface area contributed by atoms with E-state index in [1.807, 2.05) is 0 Å². The van der Waals surface area contributed by atoms with Crippen LogP contribution in [0, 0.1) is 0 Å². The fourth-order valence-corrected chi connectivity index (χ4v) is 1.74. The topological polar surface area (TPSA) is 96.2 Å². The van der Waals surface area contributed by atoms with Crippen molar-refractivity contribution in [2.45, 2.75) is 58.6 Å². The summed E-state index contributed by atoms with van der Waals surface area (Å²) >= 11 is 0. The molecule has 0 aromatic heterocycles. The largest absolute Gasteiger partial charge is 1.00 e. The average Bonchev–Trinajstić information content (AvgIpc) is 2.41. The summed E-state index contributed by atoms with van der Waals surface area (Å²) in [7, 11) is 0. The second kappa shape index (κ2) is 13.8. The molecule has 0 rings (SSSR count). The molecule has 0 amide bonds. The van der Waals surface area contributed by atoms with E-state index in [9.17, 15) is 15.0 Å². The molecule has 7 heteroatoms. The second-order valence-corrected chi connectivity index (χ2v) is 5.17. The molecule has 0 heterocycles. The SMILES string of the molecule is CCCCC/C=C/C([O-])=NCN(CC(C)O)C(C)C(=O)O.[Li+]. The zero-order valence-corrected chi connectivity index (χ0v) is 14.2. The molecule has 2 N–H and O–H groups in total. The quantitative estimate of drug-likeness (QED) is 0.199. The van der Waals surface area contributed by atoms with Gasteiger partial charge in [0, 0.05) is 6.54 Å². The number of nitrogens with zero attached hydrogens (tertiary/aromatic N) is 2. The standard InChI is InChI=1S/C15H28N2O4.Li/c1-4-5-6-7-8-9-14(19)16-11-17(10-12(2)18)13(3)15(20)21;/h8-9,12-13,18H,4-7,10-11H2,1-3H3,(H,16,19)(H,20,21);/q;+1/p-1/b9-8+;. The van der Waals surface area contributed by atoms with Gasteiger partial charge in [0.05, 0.1) is 12.8 Å². The molecule has 2 unspecified atom stereocenters. The van der Waals surface area contributed by atoms with Gasteiger partial charge in [0.15, 0.2) is 0 Å². The van der Waals surface area contributed by atoms with Crippen LogP contribution in [0.3, 0.4) is 0 Å². The second-order valence-electron chi connectivity index (χ2n) is 5.17. The first-order valence-corrected chi connectivity index (χ1v) is 7.41. The fourth-order valence-electron chi connectivity index (χ4n) is 1.74. The van der Waals surface area contributed by atoms with Gasteiger partial charge < -0.3 is 15.3 Å². The molecule has 0 aliphatic rings. The predicted molar refractivity (Wildman–Crippen MR) is 81.1 cm³/mol. The molecule has 0 saturated heterocycles. The van der Waals surface area contributed by atoms with E-state index < -0.39 is 18.1 Å². The number of carbonyl (C=O) groups is 1. The number of carboxylic acids is 1. The Hall–Kier alpha value is -0.803. The number of carboxylic acid groups (broad SMARTS) is 1. The Morgan fingerprint density at radius 2 is 2.00 bits per heavy atom. The van der Waals surface area contributed by atoms with E-state index in [0.29, 0.717) is 0 Å². The molecule has 0 saturated carbocycles. The molecule has 6 nitrogen and oxygen atoms in total. The molecule has 22 heavy (non-hydrogen) atoms. The summed E-state index contributed by atoms with van der Waals surface area (Å²) in [5.41, 5.74) is 0. The van der Waals surface area contributed by atoms with Gasteiger partial charge >= 0.3 is 24.8 Å². The minimum absolute atomic E-state index is 0. The van der Waals surface area contributed by atoms with Crippen LogP contribution in [0.4, 0.5) is 0 Å². The van der Waals surface area contributed by atoms with Crippen LogP contribution in [-0.2, 0) is 4.79 Å². The summed E-state index contributed by atoms with van der Waals surface area (Å²) in [6.07, 6.45) is 6.69. The van der Waals surface area contributed by atoms with Crippen molar-refractivity contribution in [2.75, 3.05) is 13.2 Å². The number of rotatable bonds is 11. The van der Waals surface area contributed by atoms with Gasteiger partial charge in [0.1, 0.15) is 6.04 Å². The summed E-state index contributed by atoms with van der Waals surface area (Å²) in [6, 6.07) is -0.801. The van der Waals surface area contributed by atoms with Crippen molar-refractivity contribution < 1.29 is 39.0 Å². The number of allylic oxidation sites excluding steroid dienone is 1. The van der Waals surface area contributed by atoms with Crippen molar-refractivity contribution in [1.29, 1.82) is 0 Å². The summed E-state index contributed by atoms with van der Waals surface area (Å²) in [6.45, 7) is 5.31. The molecule has 0 aromatic carbocycles. The Morgan fingerprint density at radius 1 is 1.36 bits per heavy atom. The molecule has 122 valence electrons. The smallest absolute Gasteiger partial charge is 0.859 e. The van der Waals surface area contributed by atoms with Gasteiger partial charge in [-0.3, -0.25) is 14.7 Å². The van der Waals surface area contributed by atoms with E-state index in [1.54, 1.807) is 13.0 Å². The number of hydrogen-bond acceptors (Lipinski definition) is 5. The molecular formula is C15H27LiN2O4. The molecule has 0 fully saturated rings. The number of unbranched alkanes of at least 4 members (excludes halogenated alkanes) is 3. The molecule has 2 atom stereocenters. The van der Waals surface area contributed by atoms with Crippen LogP contribution in [0.15, 0.2) is 17.1 Å². The van der Waals surface area contributed by atoms with Crippen molar-refractivity contribution in [3.05, 3.63) is 12.2 Å². The van der Waals surface area contributed by atoms with Gasteiger partial charge in [-0.25, -0.2) is 0 Å². The van der Waals surface area contributed by atoms with Gasteiger partial charge in [0.25, 0.3) is 0 Å². The summed E-state index contributed by atoms with van der Waals surface area (Å²) in [5, 5.41) is 29.9. The zero-order valence-electron chi connectivity index (χ0n) is 14.2. The molecule has 0 bridgehead atoms. The van der Waals surface area contributed by atoms with Gasteiger partial charge in [-0.1, -0.05) is 31.9 Å². The molecular weight excluding hydrogens is 279 g/mol. The van der Waals surface area contributed by atoms with Crippen LogP contribution < -0.4 is 24.0 Å². The van der Waals surface area contributed by atoms with Crippen LogP contribution in [-0.4, -0.2) is 52.3 Å². The van der Waals surface area contributed by atoms with Crippen molar-refractivity contribution in [3.63, 3.8) is 0 Å². The number of aliphatic hydroxyl groups excluding tert-OH is 1. The molecule has 0 spiro atoms. The van der Waals surface area contributed by atoms with Gasteiger partial charge in [-0.2, -0.15) is 0 Å². The van der Waals surface area contributed by atoms with E-state index in [4.69, 9.17) is 5.11 Å². The van der Waals surface area contributed by atoms with Crippen LogP contribution in [0.1, 0.15) is 46.5 Å². The van der Waals surface area contributed by atoms with Crippen molar-refractivity contribution in [1.82, 2.24) is 4.90 Å². The third kappa shape index (κ3) is 11.8. The van der Waals surface area contributed by atoms with Crippen LogP contribution in [0.5, 0.6) is 0 Å². The summed E-state index contributed by atoms with van der Waals surface area (Å²) in [4.78, 5) is 16.3. The van der Waals surface area contributed by atoms with Crippen LogP contribution in [0.2, 0.25) is 0 Å². The number of aliphatic imine (C=N–C) groups is 1. The monoisotopic (exact) mass is 306 g/mol. The van der Waals surface area contributed by atoms with E-state index in [0.717, 1.165) is 25.7 Å². The van der Waals surface area contributed by atoms with E-state index in [1.165, 1.54) is 17.9 Å². The Bertz CT molecular complexity index is 359. The summed E-state index contributed by atoms with van der Waals surface area (Å²) < 4.78 is 0. The first-order valence-electron chi connectivity index (χ1n) is 7.41. The van der Waals surface area contributed by atoms with E-state index in [-0.39, 0.29) is 38.0 Å². The average molecular weight is 306 g/mol. The Labute approximate surface area is 145 Å². The maximum atomic E-state index is 11.6. The number of hydrogen-bond donors (Lipinski definition) is 2. The van der Waals surface area contributed by atoms with Crippen molar-refractivity contribution in [3.8, 4) is 0 Å². The normalized spacial score (nSPS) is 14.9. The number of aliphatic carboxylic acids is 1. The van der Waals surface area contributed by atoms with Gasteiger partial charge in [-0.05, 0) is 32.6 Å². The molecule has 0 radical (unpaired) electrons. The third-order valence-corrected chi connectivity index (χ3v) is 3.05. The Morgan fingerprint density at radius 3 is 2.50 bits per heavy atom. The van der Waals surface area contributed by atoms with Crippen molar-refractivity contribution in [2.24, 2.45) is 4.99 Å². The van der Waals surface area contributed by atoms with Crippen LogP contribution in [0.25, 0.3) is 0 Å². The first-order chi connectivity index (χ1) is 9.88. The van der Waals surface area contributed by atoms with E-state index in [2.05, 4.69) is 11.9 Å². The minimum atomic E-state index is -1.01. The Kier molecular flexibility index (Phi) is 14.8. The first kappa shape index (κ1) is 23.5. The zero-order chi connectivity index (χ0) is 16.3. The molecule has 0 aromatic rings. The van der Waals surface area contributed by atoms with Crippen molar-refractivity contribution >= 4 is 11.9 Å². The molecule has 0 aliphatic carbocycles. The minimum Gasteiger partial charge on any atom is -0.859 e. The van der Waals surface area contributed by atoms with E-state index >= 15 is 0 Å². The number of aliphatic hydroxyl groups is 1. The van der Waals surface area contributed by atoms with Gasteiger partial charge in [-0.15, -0.1) is 0 Å². The van der Waals surface area contributed by atoms with Gasteiger partial charge in [0.2, 0.25) is 0 Å². The maximum absolute atomic E-state index is 11.6. The van der Waals surface area contributed by atoms with Crippen LogP contribution >= 0.6 is 0 Å². The third-order valence-electron chi connectivity index (χ3n) is 3.05. The molecule has 0 aliphatic heterocycles. The fraction of sp³-hybridized carbons (Fsp3) is 0.733.